The Hall–Kier alpha value is -3.87. The van der Waals surface area contributed by atoms with Crippen LogP contribution in [0.3, 0.4) is 0 Å². The Labute approximate surface area is 206 Å². The highest BCUT2D eigenvalue weighted by Crippen LogP contribution is 2.36. The van der Waals surface area contributed by atoms with Gasteiger partial charge in [-0.1, -0.05) is 32.0 Å². The second-order valence-corrected chi connectivity index (χ2v) is 8.78. The first-order chi connectivity index (χ1) is 17.1. The molecular weight excluding hydrogens is 438 g/mol. The van der Waals surface area contributed by atoms with Crippen molar-refractivity contribution in [3.05, 3.63) is 71.7 Å². The van der Waals surface area contributed by atoms with Gasteiger partial charge in [0.1, 0.15) is 13.2 Å². The lowest BCUT2D eigenvalue weighted by Gasteiger charge is -2.21. The normalized spacial score (nSPS) is 13.5. The molecule has 0 saturated heterocycles. The van der Waals surface area contributed by atoms with Crippen LogP contribution in [0.1, 0.15) is 43.6 Å². The number of anilines is 1. The monoisotopic (exact) mass is 469 g/mol. The molecule has 180 valence electrons. The van der Waals surface area contributed by atoms with Gasteiger partial charge in [-0.15, -0.1) is 0 Å². The minimum Gasteiger partial charge on any atom is -0.486 e. The zero-order valence-corrected chi connectivity index (χ0v) is 20.7. The van der Waals surface area contributed by atoms with Crippen molar-refractivity contribution in [1.29, 1.82) is 0 Å². The molecule has 0 spiro atoms. The molecule has 0 radical (unpaired) electrons. The van der Waals surface area contributed by atoms with Gasteiger partial charge in [0, 0.05) is 30.1 Å². The summed E-state index contributed by atoms with van der Waals surface area (Å²) in [6, 6.07) is 14.6. The molecule has 1 aliphatic rings. The van der Waals surface area contributed by atoms with Crippen LogP contribution in [0.5, 0.6) is 11.5 Å². The van der Waals surface area contributed by atoms with Gasteiger partial charge in [0.25, 0.3) is 0 Å². The van der Waals surface area contributed by atoms with E-state index in [0.717, 1.165) is 58.0 Å². The predicted octanol–water partition coefficient (Wildman–Crippen LogP) is 5.61. The maximum absolute atomic E-state index is 5.83. The number of ether oxygens (including phenoxy) is 2. The highest BCUT2D eigenvalue weighted by molar-refractivity contribution is 5.69. The lowest BCUT2D eigenvalue weighted by Crippen LogP contribution is -2.15. The number of nitrogens with zero attached hydrogens (tertiary/aromatic N) is 4. The third-order valence-electron chi connectivity index (χ3n) is 6.37. The zero-order chi connectivity index (χ0) is 24.4. The van der Waals surface area contributed by atoms with Crippen LogP contribution in [-0.4, -0.2) is 33.0 Å². The Morgan fingerprint density at radius 2 is 1.77 bits per heavy atom. The van der Waals surface area contributed by atoms with Crippen molar-refractivity contribution in [3.63, 3.8) is 0 Å². The van der Waals surface area contributed by atoms with E-state index in [4.69, 9.17) is 19.4 Å². The number of hydrogen-bond acceptors (Lipinski definition) is 6. The van der Waals surface area contributed by atoms with E-state index in [-0.39, 0.29) is 6.04 Å². The van der Waals surface area contributed by atoms with Crippen molar-refractivity contribution in [2.24, 2.45) is 7.05 Å². The van der Waals surface area contributed by atoms with Gasteiger partial charge in [0.2, 0.25) is 5.95 Å². The number of rotatable bonds is 7. The summed E-state index contributed by atoms with van der Waals surface area (Å²) in [6.07, 6.45) is 5.60. The Balaban J connectivity index is 1.48. The van der Waals surface area contributed by atoms with Crippen molar-refractivity contribution in [2.45, 2.75) is 39.7 Å². The van der Waals surface area contributed by atoms with Crippen molar-refractivity contribution in [2.75, 3.05) is 18.5 Å². The fourth-order valence-corrected chi connectivity index (χ4v) is 4.52. The van der Waals surface area contributed by atoms with E-state index in [1.165, 1.54) is 5.56 Å². The van der Waals surface area contributed by atoms with Crippen LogP contribution < -0.4 is 14.8 Å². The zero-order valence-electron chi connectivity index (χ0n) is 20.7. The van der Waals surface area contributed by atoms with Crippen molar-refractivity contribution in [3.8, 4) is 33.9 Å². The van der Waals surface area contributed by atoms with Crippen LogP contribution in [0.4, 0.5) is 5.95 Å². The number of hydrogen-bond donors (Lipinski definition) is 1. The predicted molar refractivity (Wildman–Crippen MR) is 138 cm³/mol. The smallest absolute Gasteiger partial charge is 0.223 e. The van der Waals surface area contributed by atoms with Gasteiger partial charge in [-0.2, -0.15) is 5.10 Å². The molecule has 7 nitrogen and oxygen atoms in total. The standard InChI is InChI=1S/C28H31N5O2/c1-5-23-24(6-2)31-28(32-27(23)21-10-11-25-26(15-21)35-13-12-34-25)30-18(3)19-8-7-9-20(14-19)22-16-29-33(4)17-22/h7-11,14-18H,5-6,12-13H2,1-4H3,(H,30,31,32). The summed E-state index contributed by atoms with van der Waals surface area (Å²) in [5.41, 5.74) is 7.57. The van der Waals surface area contributed by atoms with Crippen LogP contribution >= 0.6 is 0 Å². The molecule has 1 N–H and O–H groups in total. The number of aromatic nitrogens is 4. The number of fused-ring (bicyclic) bond motifs is 1. The van der Waals surface area contributed by atoms with E-state index < -0.39 is 0 Å². The van der Waals surface area contributed by atoms with Crippen molar-refractivity contribution < 1.29 is 9.47 Å². The summed E-state index contributed by atoms with van der Waals surface area (Å²) >= 11 is 0. The minimum atomic E-state index is 0.0249. The minimum absolute atomic E-state index is 0.0249. The van der Waals surface area contributed by atoms with Gasteiger partial charge in [-0.3, -0.25) is 4.68 Å². The van der Waals surface area contributed by atoms with E-state index in [2.05, 4.69) is 61.5 Å². The Kier molecular flexibility index (Phi) is 6.40. The molecule has 2 aromatic carbocycles. The Bertz CT molecular complexity index is 1350. The average Bonchev–Trinajstić information content (AvgIpc) is 3.34. The summed E-state index contributed by atoms with van der Waals surface area (Å²) in [6.45, 7) is 7.56. The van der Waals surface area contributed by atoms with Gasteiger partial charge in [-0.25, -0.2) is 9.97 Å². The molecule has 0 fully saturated rings. The molecule has 7 heteroatoms. The van der Waals surface area contributed by atoms with Crippen LogP contribution in [0.15, 0.2) is 54.9 Å². The molecule has 4 aromatic rings. The summed E-state index contributed by atoms with van der Waals surface area (Å²) in [7, 11) is 1.93. The molecule has 35 heavy (non-hydrogen) atoms. The number of aryl methyl sites for hydroxylation is 2. The Morgan fingerprint density at radius 3 is 2.51 bits per heavy atom. The molecule has 0 bridgehead atoms. The van der Waals surface area contributed by atoms with E-state index in [0.29, 0.717) is 19.2 Å². The maximum Gasteiger partial charge on any atom is 0.223 e. The largest absolute Gasteiger partial charge is 0.486 e. The van der Waals surface area contributed by atoms with E-state index >= 15 is 0 Å². The molecule has 1 unspecified atom stereocenters. The molecule has 0 amide bonds. The SMILES string of the molecule is CCc1nc(NC(C)c2cccc(-c3cnn(C)c3)c2)nc(-c2ccc3c(c2)OCCO3)c1CC. The third-order valence-corrected chi connectivity index (χ3v) is 6.37. The maximum atomic E-state index is 5.83. The molecule has 2 aromatic heterocycles. The number of benzene rings is 2. The van der Waals surface area contributed by atoms with Crippen molar-refractivity contribution >= 4 is 5.95 Å². The first kappa shape index (κ1) is 22.9. The molecule has 5 rings (SSSR count). The van der Waals surface area contributed by atoms with E-state index in [1.54, 1.807) is 0 Å². The average molecular weight is 470 g/mol. The van der Waals surface area contributed by atoms with E-state index in [9.17, 15) is 0 Å². The fourth-order valence-electron chi connectivity index (χ4n) is 4.52. The molecular formula is C28H31N5O2. The summed E-state index contributed by atoms with van der Waals surface area (Å²) in [5.74, 6) is 2.18. The summed E-state index contributed by atoms with van der Waals surface area (Å²) in [5, 5.41) is 7.84. The molecule has 0 saturated carbocycles. The van der Waals surface area contributed by atoms with Gasteiger partial charge >= 0.3 is 0 Å². The van der Waals surface area contributed by atoms with Gasteiger partial charge in [-0.05, 0) is 60.7 Å². The highest BCUT2D eigenvalue weighted by Gasteiger charge is 2.19. The van der Waals surface area contributed by atoms with Crippen LogP contribution in [0.2, 0.25) is 0 Å². The second kappa shape index (κ2) is 9.78. The van der Waals surface area contributed by atoms with Crippen LogP contribution in [-0.2, 0) is 19.9 Å². The molecule has 1 aliphatic heterocycles. The molecule has 3 heterocycles. The first-order valence-electron chi connectivity index (χ1n) is 12.2. The van der Waals surface area contributed by atoms with E-state index in [1.807, 2.05) is 36.3 Å². The topological polar surface area (TPSA) is 74.1 Å². The third kappa shape index (κ3) is 4.71. The number of nitrogens with one attached hydrogen (secondary N) is 1. The summed E-state index contributed by atoms with van der Waals surface area (Å²) < 4.78 is 13.4. The van der Waals surface area contributed by atoms with Crippen LogP contribution in [0, 0.1) is 0 Å². The second-order valence-electron chi connectivity index (χ2n) is 8.78. The van der Waals surface area contributed by atoms with Crippen LogP contribution in [0.25, 0.3) is 22.4 Å². The quantitative estimate of drug-likeness (QED) is 0.379. The molecule has 0 aliphatic carbocycles. The Morgan fingerprint density at radius 1 is 0.943 bits per heavy atom. The fraction of sp³-hybridized carbons (Fsp3) is 0.321. The first-order valence-corrected chi connectivity index (χ1v) is 12.2. The van der Waals surface area contributed by atoms with Gasteiger partial charge < -0.3 is 14.8 Å². The lowest BCUT2D eigenvalue weighted by atomic mass is 10.0. The van der Waals surface area contributed by atoms with Gasteiger partial charge in [0.05, 0.1) is 17.9 Å². The lowest BCUT2D eigenvalue weighted by molar-refractivity contribution is 0.171. The molecule has 1 atom stereocenters. The van der Waals surface area contributed by atoms with Gasteiger partial charge in [0.15, 0.2) is 11.5 Å². The van der Waals surface area contributed by atoms with Crippen molar-refractivity contribution in [1.82, 2.24) is 19.7 Å². The highest BCUT2D eigenvalue weighted by atomic mass is 16.6. The summed E-state index contributed by atoms with van der Waals surface area (Å²) in [4.78, 5) is 9.88.